The summed E-state index contributed by atoms with van der Waals surface area (Å²) < 4.78 is 5.26. The number of rotatable bonds is 4. The average molecular weight is 280 g/mol. The number of ether oxygens (including phenoxy) is 1. The van der Waals surface area contributed by atoms with Crippen LogP contribution in [0.25, 0.3) is 0 Å². The summed E-state index contributed by atoms with van der Waals surface area (Å²) in [6, 6.07) is 3.10. The maximum absolute atomic E-state index is 11.8. The normalized spacial score (nSPS) is 21.6. The summed E-state index contributed by atoms with van der Waals surface area (Å²) in [6.45, 7) is 1.91. The third-order valence-electron chi connectivity index (χ3n) is 3.17. The van der Waals surface area contributed by atoms with E-state index in [4.69, 9.17) is 9.84 Å². The minimum Gasteiger partial charge on any atom is -0.479 e. The molecule has 0 spiro atoms. The molecule has 0 aliphatic carbocycles. The Morgan fingerprint density at radius 2 is 2.20 bits per heavy atom. The van der Waals surface area contributed by atoms with Crippen LogP contribution in [0.1, 0.15) is 28.9 Å². The van der Waals surface area contributed by atoms with Crippen molar-refractivity contribution < 1.29 is 19.4 Å². The van der Waals surface area contributed by atoms with Crippen LogP contribution in [0.5, 0.6) is 0 Å². The lowest BCUT2D eigenvalue weighted by Gasteiger charge is -2.12. The zero-order valence-corrected chi connectivity index (χ0v) is 11.0. The molecule has 2 atom stereocenters. The molecule has 7 heteroatoms. The van der Waals surface area contributed by atoms with Crippen LogP contribution in [0.15, 0.2) is 16.9 Å². The number of hydrogen-bond donors (Lipinski definition) is 3. The smallest absolute Gasteiger partial charge is 0.332 e. The van der Waals surface area contributed by atoms with Gasteiger partial charge in [0.25, 0.3) is 11.5 Å². The third-order valence-corrected chi connectivity index (χ3v) is 3.17. The SMILES string of the molecule is Cc1ccc(C(=O)NCC2CCC(C(=O)O)O2)c(=O)[nH]1. The second-order valence-corrected chi connectivity index (χ2v) is 4.76. The van der Waals surface area contributed by atoms with E-state index in [-0.39, 0.29) is 18.2 Å². The number of carbonyl (C=O) groups excluding carboxylic acids is 1. The fraction of sp³-hybridized carbons (Fsp3) is 0.462. The number of aromatic amines is 1. The first kappa shape index (κ1) is 14.3. The van der Waals surface area contributed by atoms with E-state index in [0.29, 0.717) is 18.5 Å². The molecule has 0 radical (unpaired) electrons. The highest BCUT2D eigenvalue weighted by Gasteiger charge is 2.30. The largest absolute Gasteiger partial charge is 0.479 e. The van der Waals surface area contributed by atoms with Gasteiger partial charge in [-0.05, 0) is 31.9 Å². The van der Waals surface area contributed by atoms with E-state index in [1.54, 1.807) is 13.0 Å². The van der Waals surface area contributed by atoms with Gasteiger partial charge in [0.2, 0.25) is 0 Å². The molecule has 2 heterocycles. The maximum atomic E-state index is 11.8. The van der Waals surface area contributed by atoms with Crippen molar-refractivity contribution in [2.75, 3.05) is 6.54 Å². The fourth-order valence-corrected chi connectivity index (χ4v) is 2.09. The topological polar surface area (TPSA) is 108 Å². The Bertz CT molecular complexity index is 580. The molecule has 1 amide bonds. The van der Waals surface area contributed by atoms with Gasteiger partial charge in [0.05, 0.1) is 6.10 Å². The van der Waals surface area contributed by atoms with Gasteiger partial charge in [-0.1, -0.05) is 0 Å². The molecule has 2 unspecified atom stereocenters. The lowest BCUT2D eigenvalue weighted by molar-refractivity contribution is -0.149. The number of carboxylic acid groups (broad SMARTS) is 1. The summed E-state index contributed by atoms with van der Waals surface area (Å²) in [7, 11) is 0. The zero-order valence-electron chi connectivity index (χ0n) is 11.0. The minimum absolute atomic E-state index is 0.0309. The summed E-state index contributed by atoms with van der Waals surface area (Å²) in [5.74, 6) is -1.48. The molecule has 0 saturated carbocycles. The van der Waals surface area contributed by atoms with Gasteiger partial charge in [0.15, 0.2) is 6.10 Å². The van der Waals surface area contributed by atoms with Gasteiger partial charge in [-0.2, -0.15) is 0 Å². The molecule has 2 rings (SSSR count). The van der Waals surface area contributed by atoms with Gasteiger partial charge < -0.3 is 20.1 Å². The average Bonchev–Trinajstić information content (AvgIpc) is 2.85. The van der Waals surface area contributed by atoms with Crippen molar-refractivity contribution in [3.05, 3.63) is 33.7 Å². The van der Waals surface area contributed by atoms with E-state index < -0.39 is 23.5 Å². The Balaban J connectivity index is 1.90. The lowest BCUT2D eigenvalue weighted by atomic mass is 10.2. The Morgan fingerprint density at radius 1 is 1.45 bits per heavy atom. The molecule has 1 aromatic heterocycles. The van der Waals surface area contributed by atoms with Crippen molar-refractivity contribution in [2.24, 2.45) is 0 Å². The van der Waals surface area contributed by atoms with Crippen molar-refractivity contribution in [1.29, 1.82) is 0 Å². The molecule has 108 valence electrons. The van der Waals surface area contributed by atoms with Crippen LogP contribution in [0.2, 0.25) is 0 Å². The van der Waals surface area contributed by atoms with Gasteiger partial charge >= 0.3 is 5.97 Å². The number of carbonyl (C=O) groups is 2. The highest BCUT2D eigenvalue weighted by Crippen LogP contribution is 2.19. The van der Waals surface area contributed by atoms with Crippen LogP contribution in [0.3, 0.4) is 0 Å². The monoisotopic (exact) mass is 280 g/mol. The summed E-state index contributed by atoms with van der Waals surface area (Å²) in [5, 5.41) is 11.4. The second kappa shape index (κ2) is 5.87. The number of aliphatic carboxylic acids is 1. The van der Waals surface area contributed by atoms with E-state index in [1.807, 2.05) is 0 Å². The fourth-order valence-electron chi connectivity index (χ4n) is 2.09. The van der Waals surface area contributed by atoms with Crippen molar-refractivity contribution in [2.45, 2.75) is 32.0 Å². The quantitative estimate of drug-likeness (QED) is 0.722. The summed E-state index contributed by atoms with van der Waals surface area (Å²) >= 11 is 0. The zero-order chi connectivity index (χ0) is 14.7. The van der Waals surface area contributed by atoms with Gasteiger partial charge in [-0.25, -0.2) is 4.79 Å². The minimum atomic E-state index is -0.992. The molecule has 1 saturated heterocycles. The standard InChI is InChI=1S/C13H16N2O5/c1-7-2-4-9(12(17)15-7)11(16)14-6-8-3-5-10(20-8)13(18)19/h2,4,8,10H,3,5-6H2,1H3,(H,14,16)(H,15,17)(H,18,19). The first-order valence-electron chi connectivity index (χ1n) is 6.34. The molecule has 1 aliphatic rings. The molecule has 3 N–H and O–H groups in total. The molecule has 1 aliphatic heterocycles. The lowest BCUT2D eigenvalue weighted by Crippen LogP contribution is -2.35. The molecule has 1 fully saturated rings. The molecule has 20 heavy (non-hydrogen) atoms. The highest BCUT2D eigenvalue weighted by molar-refractivity contribution is 5.93. The Hall–Kier alpha value is -2.15. The van der Waals surface area contributed by atoms with E-state index in [0.717, 1.165) is 0 Å². The van der Waals surface area contributed by atoms with Crippen LogP contribution in [-0.4, -0.2) is 40.7 Å². The maximum Gasteiger partial charge on any atom is 0.332 e. The first-order valence-corrected chi connectivity index (χ1v) is 6.34. The van der Waals surface area contributed by atoms with Gasteiger partial charge in [-0.3, -0.25) is 9.59 Å². The number of hydrogen-bond acceptors (Lipinski definition) is 4. The number of amides is 1. The number of nitrogens with one attached hydrogen (secondary N) is 2. The Kier molecular flexibility index (Phi) is 4.19. The summed E-state index contributed by atoms with van der Waals surface area (Å²) in [4.78, 5) is 36.7. The molecule has 1 aromatic rings. The van der Waals surface area contributed by atoms with Gasteiger partial charge in [-0.15, -0.1) is 0 Å². The van der Waals surface area contributed by atoms with Crippen molar-refractivity contribution in [3.8, 4) is 0 Å². The highest BCUT2D eigenvalue weighted by atomic mass is 16.5. The second-order valence-electron chi connectivity index (χ2n) is 4.76. The number of aryl methyl sites for hydroxylation is 1. The Labute approximate surface area is 115 Å². The van der Waals surface area contributed by atoms with Gasteiger partial charge in [0, 0.05) is 12.2 Å². The van der Waals surface area contributed by atoms with Crippen LogP contribution in [-0.2, 0) is 9.53 Å². The first-order chi connectivity index (χ1) is 9.47. The molecule has 7 nitrogen and oxygen atoms in total. The molecule has 0 aromatic carbocycles. The number of aromatic nitrogens is 1. The summed E-state index contributed by atoms with van der Waals surface area (Å²) in [6.07, 6.45) is -0.132. The van der Waals surface area contributed by atoms with Crippen LogP contribution in [0.4, 0.5) is 0 Å². The molecular formula is C13H16N2O5. The van der Waals surface area contributed by atoms with E-state index >= 15 is 0 Å². The van der Waals surface area contributed by atoms with E-state index in [1.165, 1.54) is 6.07 Å². The van der Waals surface area contributed by atoms with Crippen molar-refractivity contribution in [1.82, 2.24) is 10.3 Å². The molecule has 0 bridgehead atoms. The number of pyridine rings is 1. The summed E-state index contributed by atoms with van der Waals surface area (Å²) in [5.41, 5.74) is 0.261. The number of H-pyrrole nitrogens is 1. The van der Waals surface area contributed by atoms with Crippen LogP contribution in [0, 0.1) is 6.92 Å². The predicted octanol–water partition coefficient (Wildman–Crippen LogP) is 0.0453. The number of carboxylic acids is 1. The predicted molar refractivity (Wildman–Crippen MR) is 69.7 cm³/mol. The van der Waals surface area contributed by atoms with Crippen molar-refractivity contribution in [3.63, 3.8) is 0 Å². The van der Waals surface area contributed by atoms with E-state index in [2.05, 4.69) is 10.3 Å². The van der Waals surface area contributed by atoms with Crippen molar-refractivity contribution >= 4 is 11.9 Å². The Morgan fingerprint density at radius 3 is 2.80 bits per heavy atom. The van der Waals surface area contributed by atoms with Crippen LogP contribution < -0.4 is 10.9 Å². The molecular weight excluding hydrogens is 264 g/mol. The van der Waals surface area contributed by atoms with Gasteiger partial charge in [0.1, 0.15) is 5.56 Å². The van der Waals surface area contributed by atoms with Crippen LogP contribution >= 0.6 is 0 Å². The van der Waals surface area contributed by atoms with E-state index in [9.17, 15) is 14.4 Å². The third kappa shape index (κ3) is 3.24.